The van der Waals surface area contributed by atoms with Crippen LogP contribution in [0.2, 0.25) is 0 Å². The van der Waals surface area contributed by atoms with E-state index in [4.69, 9.17) is 19.9 Å². The Morgan fingerprint density at radius 3 is 2.26 bits per heavy atom. The number of nitrogens with one attached hydrogen (secondary N) is 3. The van der Waals surface area contributed by atoms with Crippen molar-refractivity contribution in [3.05, 3.63) is 64.2 Å². The maximum Gasteiger partial charge on any atom is 0.514 e. The summed E-state index contributed by atoms with van der Waals surface area (Å²) < 4.78 is 15.1. The van der Waals surface area contributed by atoms with Gasteiger partial charge in [-0.25, -0.2) is 9.59 Å². The lowest BCUT2D eigenvalue weighted by Crippen LogP contribution is -2.56. The molecule has 1 saturated carbocycles. The summed E-state index contributed by atoms with van der Waals surface area (Å²) in [6.45, 7) is 1.80. The molecule has 0 aliphatic heterocycles. The van der Waals surface area contributed by atoms with Gasteiger partial charge in [0.05, 0.1) is 11.5 Å². The molecule has 15 nitrogen and oxygen atoms in total. The molecule has 1 fully saturated rings. The molecular weight excluding hydrogens is 566 g/mol. The van der Waals surface area contributed by atoms with E-state index in [2.05, 4.69) is 16.0 Å². The number of urea groups is 1. The quantitative estimate of drug-likeness (QED) is 0.0621. The molecule has 43 heavy (non-hydrogen) atoms. The van der Waals surface area contributed by atoms with Crippen LogP contribution in [0, 0.1) is 15.5 Å². The largest absolute Gasteiger partial charge is 0.514 e. The van der Waals surface area contributed by atoms with Gasteiger partial charge >= 0.3 is 18.2 Å². The number of carbonyl (C=O) groups is 5. The molecule has 230 valence electrons. The number of anilines is 1. The fourth-order valence-electron chi connectivity index (χ4n) is 4.22. The number of primary amides is 1. The maximum absolute atomic E-state index is 13.2. The summed E-state index contributed by atoms with van der Waals surface area (Å²) >= 11 is 0. The fourth-order valence-corrected chi connectivity index (χ4v) is 4.22. The van der Waals surface area contributed by atoms with Crippen molar-refractivity contribution >= 4 is 41.3 Å². The van der Waals surface area contributed by atoms with Gasteiger partial charge in [-0.05, 0) is 62.4 Å². The minimum atomic E-state index is -1.33. The van der Waals surface area contributed by atoms with Gasteiger partial charge in [-0.3, -0.25) is 24.5 Å². The van der Waals surface area contributed by atoms with Gasteiger partial charge in [0, 0.05) is 24.4 Å². The lowest BCUT2D eigenvalue weighted by molar-refractivity contribution is -0.384. The molecule has 2 aromatic carbocycles. The van der Waals surface area contributed by atoms with E-state index in [1.54, 1.807) is 31.2 Å². The summed E-state index contributed by atoms with van der Waals surface area (Å²) in [5.41, 5.74) is 4.57. The van der Waals surface area contributed by atoms with E-state index in [1.807, 2.05) is 0 Å². The predicted octanol–water partition coefficient (Wildman–Crippen LogP) is 2.92. The summed E-state index contributed by atoms with van der Waals surface area (Å²) in [7, 11) is 0. The molecule has 1 aliphatic rings. The highest BCUT2D eigenvalue weighted by molar-refractivity contribution is 6.06. The first-order valence-electron chi connectivity index (χ1n) is 13.5. The van der Waals surface area contributed by atoms with Gasteiger partial charge < -0.3 is 35.9 Å². The second-order valence-corrected chi connectivity index (χ2v) is 9.69. The molecule has 1 aliphatic carbocycles. The number of nitro groups is 1. The van der Waals surface area contributed by atoms with Crippen molar-refractivity contribution in [2.75, 3.05) is 18.5 Å². The Balaban J connectivity index is 1.57. The third kappa shape index (κ3) is 9.14. The number of nitrogens with two attached hydrogens (primary N) is 1. The Morgan fingerprint density at radius 2 is 1.70 bits per heavy atom. The molecule has 0 heterocycles. The van der Waals surface area contributed by atoms with Crippen LogP contribution in [0.3, 0.4) is 0 Å². The zero-order valence-electron chi connectivity index (χ0n) is 23.5. The number of rotatable bonds is 14. The van der Waals surface area contributed by atoms with Crippen LogP contribution in [0.15, 0.2) is 48.5 Å². The number of amides is 4. The zero-order valence-corrected chi connectivity index (χ0v) is 23.5. The van der Waals surface area contributed by atoms with E-state index in [0.29, 0.717) is 36.9 Å². The Morgan fingerprint density at radius 1 is 1.02 bits per heavy atom. The van der Waals surface area contributed by atoms with Gasteiger partial charge in [0.2, 0.25) is 11.8 Å². The molecule has 0 spiro atoms. The summed E-state index contributed by atoms with van der Waals surface area (Å²) in [5.74, 6) is -1.68. The molecule has 5 N–H and O–H groups in total. The van der Waals surface area contributed by atoms with Gasteiger partial charge in [-0.2, -0.15) is 0 Å². The van der Waals surface area contributed by atoms with Crippen LogP contribution in [0.1, 0.15) is 44.6 Å². The number of nitro benzene ring substituents is 1. The zero-order chi connectivity index (χ0) is 31.4. The molecule has 15 heteroatoms. The first-order valence-corrected chi connectivity index (χ1v) is 13.5. The number of carbonyl (C=O) groups excluding carboxylic acids is 5. The van der Waals surface area contributed by atoms with Crippen molar-refractivity contribution in [2.45, 2.75) is 51.7 Å². The van der Waals surface area contributed by atoms with Gasteiger partial charge in [-0.15, -0.1) is 0 Å². The number of hydrogen-bond donors (Lipinski definition) is 4. The van der Waals surface area contributed by atoms with Gasteiger partial charge in [-0.1, -0.05) is 18.6 Å². The van der Waals surface area contributed by atoms with Crippen LogP contribution in [-0.4, -0.2) is 54.1 Å². The SMILES string of the molecule is CCOC(=O)C1(C(=O)NC(CCCNC(N)=O)C(=O)Nc2ccc(COC(=O)Oc3ccc([N+](=O)[O-])cc3)cc2)CCC1. The molecule has 1 unspecified atom stereocenters. The van der Waals surface area contributed by atoms with Crippen molar-refractivity contribution in [1.29, 1.82) is 0 Å². The summed E-state index contributed by atoms with van der Waals surface area (Å²) in [6, 6.07) is 9.51. The van der Waals surface area contributed by atoms with Gasteiger partial charge in [0.25, 0.3) is 5.69 Å². The van der Waals surface area contributed by atoms with Crippen LogP contribution in [0.25, 0.3) is 0 Å². The second-order valence-electron chi connectivity index (χ2n) is 9.69. The number of esters is 1. The molecule has 0 saturated heterocycles. The second kappa shape index (κ2) is 15.1. The van der Waals surface area contributed by atoms with E-state index in [0.717, 1.165) is 0 Å². The summed E-state index contributed by atoms with van der Waals surface area (Å²) in [5, 5.41) is 18.5. The first kappa shape index (κ1) is 32.3. The monoisotopic (exact) mass is 599 g/mol. The van der Waals surface area contributed by atoms with Crippen LogP contribution < -0.4 is 26.4 Å². The van der Waals surface area contributed by atoms with Crippen molar-refractivity contribution in [1.82, 2.24) is 10.6 Å². The molecule has 1 atom stereocenters. The standard InChI is InChI=1S/C28H33N5O10/c1-2-41-25(36)28(14-4-15-28)24(35)32-22(5-3-16-30-26(29)37)23(34)31-19-8-6-18(7-9-19)17-42-27(38)43-21-12-10-20(11-13-21)33(39)40/h6-13,22H,2-5,14-17H2,1H3,(H,31,34)(H,32,35)(H3,29,30,37). The highest BCUT2D eigenvalue weighted by atomic mass is 16.7. The summed E-state index contributed by atoms with van der Waals surface area (Å²) in [4.78, 5) is 71.9. The molecule has 2 aromatic rings. The number of non-ortho nitro benzene ring substituents is 1. The van der Waals surface area contributed by atoms with Gasteiger partial charge in [0.15, 0.2) is 0 Å². The van der Waals surface area contributed by atoms with Crippen LogP contribution in [0.4, 0.5) is 21.0 Å². The number of nitrogens with zero attached hydrogens (tertiary/aromatic N) is 1. The average Bonchev–Trinajstić information content (AvgIpc) is 2.94. The molecule has 0 radical (unpaired) electrons. The molecule has 4 amide bonds. The molecule has 0 bridgehead atoms. The highest BCUT2D eigenvalue weighted by Gasteiger charge is 2.52. The Hall–Kier alpha value is -5.21. The number of hydrogen-bond acceptors (Lipinski definition) is 10. The smallest absolute Gasteiger partial charge is 0.465 e. The Bertz CT molecular complexity index is 1330. The summed E-state index contributed by atoms with van der Waals surface area (Å²) in [6.07, 6.45) is 0.777. The molecular formula is C28H33N5O10. The van der Waals surface area contributed by atoms with Crippen LogP contribution in [0.5, 0.6) is 5.75 Å². The lowest BCUT2D eigenvalue weighted by atomic mass is 9.68. The van der Waals surface area contributed by atoms with Crippen molar-refractivity contribution < 1.29 is 43.1 Å². The normalized spacial score (nSPS) is 13.8. The fraction of sp³-hybridized carbons (Fsp3) is 0.393. The van der Waals surface area contributed by atoms with Crippen molar-refractivity contribution in [2.24, 2.45) is 11.1 Å². The highest BCUT2D eigenvalue weighted by Crippen LogP contribution is 2.42. The Kier molecular flexibility index (Phi) is 11.4. The molecule has 0 aromatic heterocycles. The van der Waals surface area contributed by atoms with E-state index in [-0.39, 0.29) is 37.6 Å². The van der Waals surface area contributed by atoms with E-state index < -0.39 is 46.4 Å². The van der Waals surface area contributed by atoms with Gasteiger partial charge in [0.1, 0.15) is 23.8 Å². The Labute approximate surface area is 246 Å². The predicted molar refractivity (Wildman–Crippen MR) is 151 cm³/mol. The third-order valence-electron chi connectivity index (χ3n) is 6.73. The maximum atomic E-state index is 13.2. The number of ether oxygens (including phenoxy) is 3. The minimum Gasteiger partial charge on any atom is -0.465 e. The van der Waals surface area contributed by atoms with Crippen molar-refractivity contribution in [3.63, 3.8) is 0 Å². The number of benzene rings is 2. The first-order chi connectivity index (χ1) is 20.5. The van der Waals surface area contributed by atoms with Crippen LogP contribution in [-0.2, 0) is 30.5 Å². The van der Waals surface area contributed by atoms with E-state index >= 15 is 0 Å². The third-order valence-corrected chi connectivity index (χ3v) is 6.73. The van der Waals surface area contributed by atoms with E-state index in [9.17, 15) is 34.1 Å². The molecule has 3 rings (SSSR count). The lowest BCUT2D eigenvalue weighted by Gasteiger charge is -2.38. The van der Waals surface area contributed by atoms with Crippen molar-refractivity contribution in [3.8, 4) is 5.75 Å². The van der Waals surface area contributed by atoms with E-state index in [1.165, 1.54) is 24.3 Å². The topological polar surface area (TPSA) is 218 Å². The minimum absolute atomic E-state index is 0.0752. The van der Waals surface area contributed by atoms with Crippen LogP contribution >= 0.6 is 0 Å². The average molecular weight is 600 g/mol.